The average molecular weight is 551 g/mol. The largest absolute Gasteiger partial charge is 0.463 e. The second-order valence-electron chi connectivity index (χ2n) is 7.88. The smallest absolute Gasteiger partial charge is 0.373 e. The van der Waals surface area contributed by atoms with Crippen molar-refractivity contribution in [1.82, 2.24) is 9.47 Å². The van der Waals surface area contributed by atoms with Crippen LogP contribution in [0, 0.1) is 0 Å². The van der Waals surface area contributed by atoms with Crippen LogP contribution in [-0.2, 0) is 22.6 Å². The van der Waals surface area contributed by atoms with Crippen LogP contribution in [0.5, 0.6) is 0 Å². The van der Waals surface area contributed by atoms with Crippen molar-refractivity contribution in [3.05, 3.63) is 98.9 Å². The van der Waals surface area contributed by atoms with Gasteiger partial charge < -0.3 is 13.7 Å². The number of hydrogen-bond acceptors (Lipinski definition) is 6. The van der Waals surface area contributed by atoms with Gasteiger partial charge in [0.2, 0.25) is 5.76 Å². The molecule has 2 aromatic carbocycles. The lowest BCUT2D eigenvalue weighted by Gasteiger charge is -2.12. The maximum atomic E-state index is 13.1. The van der Waals surface area contributed by atoms with Crippen LogP contribution in [0.2, 0.25) is 0 Å². The first-order valence-corrected chi connectivity index (χ1v) is 12.3. The van der Waals surface area contributed by atoms with Gasteiger partial charge in [0.25, 0.3) is 11.1 Å². The molecule has 1 aliphatic rings. The number of esters is 1. The molecule has 176 valence electrons. The minimum absolute atomic E-state index is 0.138. The van der Waals surface area contributed by atoms with E-state index in [2.05, 4.69) is 15.9 Å². The highest BCUT2D eigenvalue weighted by Crippen LogP contribution is 2.35. The molecule has 0 N–H and O–H groups in total. The van der Waals surface area contributed by atoms with Crippen molar-refractivity contribution in [2.45, 2.75) is 13.1 Å². The zero-order valence-electron chi connectivity index (χ0n) is 18.6. The summed E-state index contributed by atoms with van der Waals surface area (Å²) in [5, 5.41) is 0.644. The molecule has 0 bridgehead atoms. The highest BCUT2D eigenvalue weighted by atomic mass is 79.9. The summed E-state index contributed by atoms with van der Waals surface area (Å²) in [5.41, 5.74) is 2.62. The Morgan fingerprint density at radius 3 is 2.60 bits per heavy atom. The van der Waals surface area contributed by atoms with Gasteiger partial charge in [-0.15, -0.1) is 0 Å². The van der Waals surface area contributed by atoms with Crippen LogP contribution in [-0.4, -0.2) is 33.7 Å². The molecule has 0 saturated carbocycles. The number of carbonyl (C=O) groups excluding carboxylic acids is 3. The number of amides is 2. The van der Waals surface area contributed by atoms with Crippen LogP contribution in [0.4, 0.5) is 4.79 Å². The number of para-hydroxylation sites is 1. The minimum Gasteiger partial charge on any atom is -0.463 e. The molecule has 1 aliphatic heterocycles. The maximum absolute atomic E-state index is 13.1. The first-order chi connectivity index (χ1) is 16.9. The molecule has 0 unspecified atom stereocenters. The van der Waals surface area contributed by atoms with Gasteiger partial charge in [-0.05, 0) is 53.7 Å². The second-order valence-corrected chi connectivity index (χ2v) is 9.79. The van der Waals surface area contributed by atoms with Crippen LogP contribution >= 0.6 is 27.7 Å². The summed E-state index contributed by atoms with van der Waals surface area (Å²) in [5.74, 6) is -0.118. The summed E-state index contributed by atoms with van der Waals surface area (Å²) < 4.78 is 13.2. The molecule has 2 amide bonds. The van der Waals surface area contributed by atoms with Crippen LogP contribution < -0.4 is 0 Å². The third-order valence-electron chi connectivity index (χ3n) is 5.61. The zero-order valence-corrected chi connectivity index (χ0v) is 21.0. The first-order valence-electron chi connectivity index (χ1n) is 10.7. The van der Waals surface area contributed by atoms with E-state index >= 15 is 0 Å². The summed E-state index contributed by atoms with van der Waals surface area (Å²) in [7, 11) is 1.30. The Balaban J connectivity index is 1.43. The number of nitrogens with zero attached hydrogens (tertiary/aromatic N) is 2. The summed E-state index contributed by atoms with van der Waals surface area (Å²) in [6, 6.07) is 18.6. The standard InChI is InChI=1S/C26H19BrN2O5S/c1-33-25(31)22-11-10-19(34-22)15-28-14-17(20-4-2-3-5-21(20)28)12-23-24(30)29(26(32)35-23)13-16-6-8-18(27)9-7-16/h2-12,14H,13,15H2,1H3/b23-12-. The fourth-order valence-electron chi connectivity index (χ4n) is 3.91. The number of ether oxygens (including phenoxy) is 1. The monoisotopic (exact) mass is 550 g/mol. The van der Waals surface area contributed by atoms with Crippen molar-refractivity contribution in [3.8, 4) is 0 Å². The molecule has 5 rings (SSSR count). The van der Waals surface area contributed by atoms with Crippen molar-refractivity contribution in [2.24, 2.45) is 0 Å². The summed E-state index contributed by atoms with van der Waals surface area (Å²) in [6.07, 6.45) is 3.67. The quantitative estimate of drug-likeness (QED) is 0.214. The fourth-order valence-corrected chi connectivity index (χ4v) is 5.01. The van der Waals surface area contributed by atoms with Crippen LogP contribution in [0.3, 0.4) is 0 Å². The predicted molar refractivity (Wildman–Crippen MR) is 137 cm³/mol. The summed E-state index contributed by atoms with van der Waals surface area (Å²) in [4.78, 5) is 39.0. The van der Waals surface area contributed by atoms with E-state index in [1.807, 2.05) is 59.3 Å². The van der Waals surface area contributed by atoms with Crippen LogP contribution in [0.15, 0.2) is 80.7 Å². The van der Waals surface area contributed by atoms with E-state index in [4.69, 9.17) is 9.15 Å². The van der Waals surface area contributed by atoms with E-state index in [9.17, 15) is 14.4 Å². The van der Waals surface area contributed by atoms with Crippen molar-refractivity contribution >= 4 is 61.8 Å². The van der Waals surface area contributed by atoms with Gasteiger partial charge in [0.05, 0.1) is 25.1 Å². The van der Waals surface area contributed by atoms with Gasteiger partial charge in [-0.3, -0.25) is 14.5 Å². The third-order valence-corrected chi connectivity index (χ3v) is 7.04. The summed E-state index contributed by atoms with van der Waals surface area (Å²) in [6.45, 7) is 0.606. The summed E-state index contributed by atoms with van der Waals surface area (Å²) >= 11 is 4.33. The van der Waals surface area contributed by atoms with Crippen LogP contribution in [0.1, 0.15) is 27.4 Å². The number of furan rings is 1. The maximum Gasteiger partial charge on any atom is 0.373 e. The van der Waals surface area contributed by atoms with Gasteiger partial charge in [-0.2, -0.15) is 0 Å². The van der Waals surface area contributed by atoms with Crippen molar-refractivity contribution in [1.29, 1.82) is 0 Å². The number of benzene rings is 2. The van der Waals surface area contributed by atoms with Gasteiger partial charge in [-0.25, -0.2) is 4.79 Å². The molecule has 2 aromatic heterocycles. The Kier molecular flexibility index (Phi) is 6.36. The molecule has 0 spiro atoms. The number of carbonyl (C=O) groups is 3. The topological polar surface area (TPSA) is 81.8 Å². The number of methoxy groups -OCH3 is 1. The Bertz CT molecular complexity index is 1490. The Labute approximate surface area is 213 Å². The minimum atomic E-state index is -0.534. The first kappa shape index (κ1) is 23.2. The number of hydrogen-bond donors (Lipinski definition) is 0. The molecule has 35 heavy (non-hydrogen) atoms. The number of thioether (sulfide) groups is 1. The normalized spacial score (nSPS) is 14.9. The second kappa shape index (κ2) is 9.59. The lowest BCUT2D eigenvalue weighted by atomic mass is 10.1. The Morgan fingerprint density at radius 1 is 1.06 bits per heavy atom. The number of fused-ring (bicyclic) bond motifs is 1. The molecule has 3 heterocycles. The van der Waals surface area contributed by atoms with Crippen molar-refractivity contribution in [3.63, 3.8) is 0 Å². The molecular weight excluding hydrogens is 532 g/mol. The van der Waals surface area contributed by atoms with E-state index in [1.165, 1.54) is 12.0 Å². The van der Waals surface area contributed by atoms with Gasteiger partial charge >= 0.3 is 5.97 Å². The van der Waals surface area contributed by atoms with Crippen molar-refractivity contribution in [2.75, 3.05) is 7.11 Å². The molecule has 0 atom stereocenters. The number of aromatic nitrogens is 1. The molecule has 1 saturated heterocycles. The lowest BCUT2D eigenvalue weighted by Crippen LogP contribution is -2.27. The molecule has 0 aliphatic carbocycles. The molecule has 9 heteroatoms. The van der Waals surface area contributed by atoms with E-state index in [0.717, 1.165) is 38.3 Å². The average Bonchev–Trinajstić information content (AvgIpc) is 3.54. The highest BCUT2D eigenvalue weighted by molar-refractivity contribution is 9.10. The van der Waals surface area contributed by atoms with Crippen molar-refractivity contribution < 1.29 is 23.5 Å². The van der Waals surface area contributed by atoms with Gasteiger partial charge in [0.1, 0.15) is 5.76 Å². The zero-order chi connectivity index (χ0) is 24.5. The Morgan fingerprint density at radius 2 is 1.83 bits per heavy atom. The molecular formula is C26H19BrN2O5S. The van der Waals surface area contributed by atoms with E-state index < -0.39 is 5.97 Å². The molecule has 1 fully saturated rings. The Hall–Kier alpha value is -3.56. The van der Waals surface area contributed by atoms with Crippen LogP contribution in [0.25, 0.3) is 17.0 Å². The number of halogens is 1. The van der Waals surface area contributed by atoms with Gasteiger partial charge in [0, 0.05) is 27.1 Å². The fraction of sp³-hybridized carbons (Fsp3) is 0.115. The van der Waals surface area contributed by atoms with E-state index in [0.29, 0.717) is 17.2 Å². The number of imide groups is 1. The predicted octanol–water partition coefficient (Wildman–Crippen LogP) is 6.07. The molecule has 7 nitrogen and oxygen atoms in total. The molecule has 0 radical (unpaired) electrons. The third kappa shape index (κ3) is 4.69. The van der Waals surface area contributed by atoms with E-state index in [-0.39, 0.29) is 23.5 Å². The SMILES string of the molecule is COC(=O)c1ccc(Cn2cc(/C=C3\SC(=O)N(Cc4ccc(Br)cc4)C3=O)c3ccccc32)o1. The lowest BCUT2D eigenvalue weighted by molar-refractivity contribution is -0.123. The van der Waals surface area contributed by atoms with Gasteiger partial charge in [-0.1, -0.05) is 46.3 Å². The highest BCUT2D eigenvalue weighted by Gasteiger charge is 2.35. The number of rotatable bonds is 6. The van der Waals surface area contributed by atoms with E-state index in [1.54, 1.807) is 18.2 Å². The van der Waals surface area contributed by atoms with Gasteiger partial charge in [0.15, 0.2) is 0 Å². The molecule has 4 aromatic rings.